The number of carbonyl (C=O) groups is 1. The highest BCUT2D eigenvalue weighted by Gasteiger charge is 2.24. The van der Waals surface area contributed by atoms with E-state index in [4.69, 9.17) is 4.43 Å². The SMILES string of the molecule is CC(C)(C)C(=O)c1ccccc1O[Si]. The molecule has 3 radical (unpaired) electrons. The Bertz CT molecular complexity index is 339. The van der Waals surface area contributed by atoms with E-state index in [9.17, 15) is 4.79 Å². The van der Waals surface area contributed by atoms with Gasteiger partial charge in [-0.15, -0.1) is 0 Å². The second kappa shape index (κ2) is 3.96. The van der Waals surface area contributed by atoms with Crippen LogP contribution in [0.2, 0.25) is 0 Å². The lowest BCUT2D eigenvalue weighted by atomic mass is 9.86. The van der Waals surface area contributed by atoms with Crippen LogP contribution in [0, 0.1) is 5.41 Å². The van der Waals surface area contributed by atoms with Crippen molar-refractivity contribution in [2.24, 2.45) is 5.41 Å². The maximum Gasteiger partial charge on any atom is 0.341 e. The molecule has 0 aromatic heterocycles. The maximum atomic E-state index is 11.9. The van der Waals surface area contributed by atoms with E-state index in [-0.39, 0.29) is 11.2 Å². The normalized spacial score (nSPS) is 11.1. The van der Waals surface area contributed by atoms with E-state index >= 15 is 0 Å². The largest absolute Gasteiger partial charge is 0.540 e. The summed E-state index contributed by atoms with van der Waals surface area (Å²) in [6, 6.07) is 7.18. The molecule has 0 aliphatic rings. The average molecular weight is 205 g/mol. The molecule has 0 aliphatic carbocycles. The topological polar surface area (TPSA) is 26.3 Å². The summed E-state index contributed by atoms with van der Waals surface area (Å²) in [4.78, 5) is 11.9. The van der Waals surface area contributed by atoms with E-state index in [0.29, 0.717) is 11.3 Å². The molecule has 0 atom stereocenters. The molecule has 1 aromatic rings. The van der Waals surface area contributed by atoms with Gasteiger partial charge in [0, 0.05) is 5.41 Å². The van der Waals surface area contributed by atoms with E-state index in [2.05, 4.69) is 10.5 Å². The number of carbonyl (C=O) groups excluding carboxylic acids is 1. The first kappa shape index (κ1) is 11.0. The van der Waals surface area contributed by atoms with Crippen molar-refractivity contribution in [3.63, 3.8) is 0 Å². The van der Waals surface area contributed by atoms with Gasteiger partial charge in [0.1, 0.15) is 5.75 Å². The average Bonchev–Trinajstić information content (AvgIpc) is 2.15. The second-order valence-corrected chi connectivity index (χ2v) is 4.38. The number of ketones is 1. The van der Waals surface area contributed by atoms with Gasteiger partial charge in [0.05, 0.1) is 5.56 Å². The van der Waals surface area contributed by atoms with Gasteiger partial charge in [-0.25, -0.2) is 0 Å². The Morgan fingerprint density at radius 2 is 1.86 bits per heavy atom. The fourth-order valence-corrected chi connectivity index (χ4v) is 1.33. The van der Waals surface area contributed by atoms with Gasteiger partial charge in [-0.3, -0.25) is 4.79 Å². The van der Waals surface area contributed by atoms with E-state index < -0.39 is 0 Å². The number of rotatable bonds is 2. The zero-order chi connectivity index (χ0) is 10.8. The fraction of sp³-hybridized carbons (Fsp3) is 0.364. The van der Waals surface area contributed by atoms with Crippen LogP contribution in [0.3, 0.4) is 0 Å². The number of hydrogen-bond donors (Lipinski definition) is 0. The molecule has 3 heteroatoms. The summed E-state index contributed by atoms with van der Waals surface area (Å²) in [6.07, 6.45) is 0. The third-order valence-corrected chi connectivity index (χ3v) is 2.14. The summed E-state index contributed by atoms with van der Waals surface area (Å²) in [7, 11) is 2.94. The van der Waals surface area contributed by atoms with E-state index in [1.165, 1.54) is 0 Å². The Morgan fingerprint density at radius 1 is 1.29 bits per heavy atom. The molecule has 0 N–H and O–H groups in total. The van der Waals surface area contributed by atoms with Crippen molar-refractivity contribution in [3.05, 3.63) is 29.8 Å². The Morgan fingerprint density at radius 3 is 2.36 bits per heavy atom. The van der Waals surface area contributed by atoms with Gasteiger partial charge in [0.15, 0.2) is 5.78 Å². The van der Waals surface area contributed by atoms with Crippen molar-refractivity contribution < 1.29 is 9.22 Å². The van der Waals surface area contributed by atoms with Gasteiger partial charge in [-0.05, 0) is 12.1 Å². The summed E-state index contributed by atoms with van der Waals surface area (Å²) < 4.78 is 4.95. The molecule has 73 valence electrons. The molecule has 0 spiro atoms. The highest BCUT2D eigenvalue weighted by molar-refractivity contribution is 6.05. The molecule has 0 fully saturated rings. The molecule has 0 saturated heterocycles. The fourth-order valence-electron chi connectivity index (χ4n) is 1.15. The first-order valence-electron chi connectivity index (χ1n) is 4.44. The quantitative estimate of drug-likeness (QED) is 0.547. The Hall–Kier alpha value is -1.09. The maximum absolute atomic E-state index is 11.9. The number of benzene rings is 1. The zero-order valence-electron chi connectivity index (χ0n) is 8.63. The second-order valence-electron chi connectivity index (χ2n) is 4.18. The minimum Gasteiger partial charge on any atom is -0.540 e. The lowest BCUT2D eigenvalue weighted by molar-refractivity contribution is 0.0856. The first-order chi connectivity index (χ1) is 6.46. The Labute approximate surface area is 87.8 Å². The van der Waals surface area contributed by atoms with E-state index in [1.807, 2.05) is 32.9 Å². The highest BCUT2D eigenvalue weighted by Crippen LogP contribution is 2.26. The molecule has 0 saturated carbocycles. The van der Waals surface area contributed by atoms with Gasteiger partial charge in [0.25, 0.3) is 0 Å². The predicted molar refractivity (Wildman–Crippen MR) is 56.6 cm³/mol. The third-order valence-electron chi connectivity index (χ3n) is 1.92. The standard InChI is InChI=1S/C11H13O2Si/c1-11(2,3)10(12)8-6-4-5-7-9(8)13-14/h4-7H,1-3H3. The molecule has 0 amide bonds. The van der Waals surface area contributed by atoms with Gasteiger partial charge in [-0.1, -0.05) is 32.9 Å². The molecule has 1 aromatic carbocycles. The first-order valence-corrected chi connectivity index (χ1v) is 4.85. The minimum atomic E-state index is -0.388. The van der Waals surface area contributed by atoms with Crippen molar-refractivity contribution in [2.45, 2.75) is 20.8 Å². The Balaban J connectivity index is 3.13. The molecule has 0 bridgehead atoms. The summed E-state index contributed by atoms with van der Waals surface area (Å²) in [5, 5.41) is 0. The van der Waals surface area contributed by atoms with Crippen molar-refractivity contribution in [2.75, 3.05) is 0 Å². The number of Topliss-reactive ketones (excluding diaryl/α,β-unsaturated/α-hetero) is 1. The summed E-state index contributed by atoms with van der Waals surface area (Å²) >= 11 is 0. The van der Waals surface area contributed by atoms with Gasteiger partial charge in [0.2, 0.25) is 0 Å². The molecular formula is C11H13O2Si. The van der Waals surface area contributed by atoms with E-state index in [1.54, 1.807) is 12.1 Å². The molecule has 0 heterocycles. The van der Waals surface area contributed by atoms with Crippen LogP contribution < -0.4 is 4.43 Å². The van der Waals surface area contributed by atoms with Crippen LogP contribution in [-0.4, -0.2) is 16.3 Å². The lowest BCUT2D eigenvalue weighted by Crippen LogP contribution is -2.20. The molecule has 2 nitrogen and oxygen atoms in total. The molecule has 1 rings (SSSR count). The number of hydrogen-bond acceptors (Lipinski definition) is 2. The van der Waals surface area contributed by atoms with E-state index in [0.717, 1.165) is 0 Å². The van der Waals surface area contributed by atoms with Gasteiger partial charge < -0.3 is 4.43 Å². The van der Waals surface area contributed by atoms with Crippen molar-refractivity contribution in [1.29, 1.82) is 0 Å². The van der Waals surface area contributed by atoms with Crippen LogP contribution in [0.5, 0.6) is 5.75 Å². The summed E-state index contributed by atoms with van der Waals surface area (Å²) in [6.45, 7) is 5.67. The Kier molecular flexibility index (Phi) is 3.11. The summed E-state index contributed by atoms with van der Waals surface area (Å²) in [5.41, 5.74) is 0.218. The van der Waals surface area contributed by atoms with Gasteiger partial charge in [-0.2, -0.15) is 0 Å². The van der Waals surface area contributed by atoms with Gasteiger partial charge >= 0.3 is 10.5 Å². The van der Waals surface area contributed by atoms with Crippen LogP contribution in [0.1, 0.15) is 31.1 Å². The monoisotopic (exact) mass is 205 g/mol. The predicted octanol–water partition coefficient (Wildman–Crippen LogP) is 2.38. The molecular weight excluding hydrogens is 192 g/mol. The van der Waals surface area contributed by atoms with Crippen molar-refractivity contribution in [3.8, 4) is 5.75 Å². The van der Waals surface area contributed by atoms with Crippen LogP contribution in [-0.2, 0) is 0 Å². The molecule has 14 heavy (non-hydrogen) atoms. The highest BCUT2D eigenvalue weighted by atomic mass is 28.2. The smallest absolute Gasteiger partial charge is 0.341 e. The molecule has 0 aliphatic heterocycles. The third kappa shape index (κ3) is 2.23. The minimum absolute atomic E-state index is 0.0753. The van der Waals surface area contributed by atoms with Crippen LogP contribution in [0.4, 0.5) is 0 Å². The van der Waals surface area contributed by atoms with Crippen LogP contribution in [0.15, 0.2) is 24.3 Å². The van der Waals surface area contributed by atoms with Crippen molar-refractivity contribution >= 4 is 16.3 Å². The van der Waals surface area contributed by atoms with Crippen LogP contribution in [0.25, 0.3) is 0 Å². The number of para-hydroxylation sites is 1. The lowest BCUT2D eigenvalue weighted by Gasteiger charge is -2.18. The van der Waals surface area contributed by atoms with Crippen LogP contribution >= 0.6 is 0 Å². The summed E-state index contributed by atoms with van der Waals surface area (Å²) in [5.74, 6) is 0.635. The zero-order valence-corrected chi connectivity index (χ0v) is 9.63. The molecule has 0 unspecified atom stereocenters. The van der Waals surface area contributed by atoms with Crippen molar-refractivity contribution in [1.82, 2.24) is 0 Å².